The second-order valence-electron chi connectivity index (χ2n) is 4.09. The third-order valence-electron chi connectivity index (χ3n) is 2.49. The molecule has 6 nitrogen and oxygen atoms in total. The Morgan fingerprint density at radius 1 is 1.37 bits per heavy atom. The van der Waals surface area contributed by atoms with Crippen LogP contribution in [0.1, 0.15) is 5.69 Å². The van der Waals surface area contributed by atoms with E-state index >= 15 is 0 Å². The van der Waals surface area contributed by atoms with Crippen LogP contribution in [0.25, 0.3) is 0 Å². The number of nitrogens with one attached hydrogen (secondary N) is 1. The molecule has 2 rings (SSSR count). The highest BCUT2D eigenvalue weighted by Gasteiger charge is 2.19. The first-order chi connectivity index (χ1) is 8.79. The van der Waals surface area contributed by atoms with Gasteiger partial charge in [0.1, 0.15) is 10.7 Å². The summed E-state index contributed by atoms with van der Waals surface area (Å²) in [6.07, 6.45) is 0. The normalized spacial score (nSPS) is 11.5. The smallest absolute Gasteiger partial charge is 0.264 e. The van der Waals surface area contributed by atoms with Gasteiger partial charge in [0.2, 0.25) is 0 Å². The number of sulfonamides is 1. The maximum atomic E-state index is 12.3. The number of benzene rings is 1. The largest absolute Gasteiger partial charge is 0.399 e. The monoisotopic (exact) mass is 344 g/mol. The highest BCUT2D eigenvalue weighted by atomic mass is 79.9. The van der Waals surface area contributed by atoms with Crippen LogP contribution < -0.4 is 10.5 Å². The quantitative estimate of drug-likeness (QED) is 0.831. The van der Waals surface area contributed by atoms with Gasteiger partial charge in [0, 0.05) is 23.3 Å². The number of halogens is 1. The molecule has 102 valence electrons. The van der Waals surface area contributed by atoms with Gasteiger partial charge >= 0.3 is 0 Å². The van der Waals surface area contributed by atoms with E-state index in [9.17, 15) is 8.42 Å². The summed E-state index contributed by atoms with van der Waals surface area (Å²) in [6, 6.07) is 6.19. The Labute approximate surface area is 119 Å². The van der Waals surface area contributed by atoms with Gasteiger partial charge in [-0.05, 0) is 41.1 Å². The zero-order valence-corrected chi connectivity index (χ0v) is 12.8. The first-order valence-electron chi connectivity index (χ1n) is 5.38. The fourth-order valence-electron chi connectivity index (χ4n) is 1.63. The van der Waals surface area contributed by atoms with Crippen LogP contribution >= 0.6 is 15.9 Å². The molecule has 0 saturated carbocycles. The molecule has 0 bridgehead atoms. The Kier molecular flexibility index (Phi) is 3.55. The Balaban J connectivity index is 2.40. The molecule has 0 aliphatic carbocycles. The van der Waals surface area contributed by atoms with Crippen molar-refractivity contribution >= 4 is 37.5 Å². The third kappa shape index (κ3) is 2.90. The van der Waals surface area contributed by atoms with Crippen molar-refractivity contribution < 1.29 is 8.42 Å². The van der Waals surface area contributed by atoms with Crippen molar-refractivity contribution in [1.82, 2.24) is 9.78 Å². The van der Waals surface area contributed by atoms with Crippen LogP contribution in [0.5, 0.6) is 0 Å². The van der Waals surface area contributed by atoms with E-state index in [1.807, 2.05) is 0 Å². The van der Waals surface area contributed by atoms with Crippen molar-refractivity contribution in [3.63, 3.8) is 0 Å². The molecule has 0 amide bonds. The summed E-state index contributed by atoms with van der Waals surface area (Å²) in [6.45, 7) is 1.79. The van der Waals surface area contributed by atoms with E-state index in [0.717, 1.165) is 5.69 Å². The number of hydrogen-bond donors (Lipinski definition) is 2. The number of rotatable bonds is 3. The molecule has 1 aromatic carbocycles. The average Bonchev–Trinajstić information content (AvgIpc) is 2.55. The number of aryl methyl sites for hydroxylation is 2. The second-order valence-corrected chi connectivity index (χ2v) is 6.60. The zero-order chi connectivity index (χ0) is 14.2. The first-order valence-corrected chi connectivity index (χ1v) is 7.66. The minimum absolute atomic E-state index is 0.126. The Morgan fingerprint density at radius 3 is 2.58 bits per heavy atom. The molecule has 3 N–H and O–H groups in total. The molecule has 0 aliphatic rings. The third-order valence-corrected chi connectivity index (χ3v) is 4.82. The summed E-state index contributed by atoms with van der Waals surface area (Å²) in [5, 5.41) is 4.08. The fourth-order valence-corrected chi connectivity index (χ4v) is 3.81. The van der Waals surface area contributed by atoms with E-state index in [1.54, 1.807) is 26.1 Å². The lowest BCUT2D eigenvalue weighted by Gasteiger charge is -2.09. The van der Waals surface area contributed by atoms with Crippen molar-refractivity contribution in [3.05, 3.63) is 34.4 Å². The predicted octanol–water partition coefficient (Wildman–Crippen LogP) is 1.87. The Hall–Kier alpha value is -1.54. The lowest BCUT2D eigenvalue weighted by molar-refractivity contribution is 0.600. The van der Waals surface area contributed by atoms with Crippen LogP contribution in [0.3, 0.4) is 0 Å². The van der Waals surface area contributed by atoms with Gasteiger partial charge < -0.3 is 5.73 Å². The molecule has 0 spiro atoms. The van der Waals surface area contributed by atoms with Gasteiger partial charge in [0.05, 0.1) is 5.69 Å². The number of nitrogens with two attached hydrogens (primary N) is 1. The van der Waals surface area contributed by atoms with Gasteiger partial charge in [-0.15, -0.1) is 0 Å². The summed E-state index contributed by atoms with van der Waals surface area (Å²) in [5.74, 6) is 0.404. The molecule has 0 fully saturated rings. The molecule has 0 saturated heterocycles. The second kappa shape index (κ2) is 4.86. The number of nitrogen functional groups attached to an aromatic ring is 1. The molecular weight excluding hydrogens is 332 g/mol. The van der Waals surface area contributed by atoms with E-state index in [-0.39, 0.29) is 4.90 Å². The zero-order valence-electron chi connectivity index (χ0n) is 10.4. The number of hydrogen-bond acceptors (Lipinski definition) is 4. The molecule has 0 unspecified atom stereocenters. The molecule has 19 heavy (non-hydrogen) atoms. The van der Waals surface area contributed by atoms with Crippen LogP contribution in [0.15, 0.2) is 33.6 Å². The van der Waals surface area contributed by atoms with Crippen LogP contribution in [-0.4, -0.2) is 18.2 Å². The van der Waals surface area contributed by atoms with Gasteiger partial charge in [-0.3, -0.25) is 9.40 Å². The van der Waals surface area contributed by atoms with Crippen LogP contribution in [0, 0.1) is 6.92 Å². The minimum atomic E-state index is -3.68. The number of anilines is 2. The van der Waals surface area contributed by atoms with Crippen molar-refractivity contribution in [3.8, 4) is 0 Å². The summed E-state index contributed by atoms with van der Waals surface area (Å²) < 4.78 is 28.9. The Bertz CT molecular complexity index is 724. The molecule has 0 atom stereocenters. The van der Waals surface area contributed by atoms with Crippen molar-refractivity contribution in [2.75, 3.05) is 10.5 Å². The fraction of sp³-hybridized carbons (Fsp3) is 0.182. The van der Waals surface area contributed by atoms with E-state index in [4.69, 9.17) is 5.73 Å². The molecule has 8 heteroatoms. The van der Waals surface area contributed by atoms with E-state index < -0.39 is 10.0 Å². The standard InChI is InChI=1S/C11H13BrN4O2S/c1-7-5-11(16(2)14-7)15-19(17,18)10-4-3-8(13)6-9(10)12/h3-6,15H,13H2,1-2H3. The van der Waals surface area contributed by atoms with E-state index in [0.29, 0.717) is 16.0 Å². The highest BCUT2D eigenvalue weighted by Crippen LogP contribution is 2.26. The van der Waals surface area contributed by atoms with Crippen LogP contribution in [-0.2, 0) is 17.1 Å². The first kappa shape index (κ1) is 13.9. The number of nitrogens with zero attached hydrogens (tertiary/aromatic N) is 2. The number of aromatic nitrogens is 2. The molecule has 0 radical (unpaired) electrons. The van der Waals surface area contributed by atoms with Gasteiger partial charge in [0.15, 0.2) is 0 Å². The summed E-state index contributed by atoms with van der Waals surface area (Å²) >= 11 is 3.20. The molecule has 1 heterocycles. The molecule has 2 aromatic rings. The molecule has 1 aromatic heterocycles. The summed E-state index contributed by atoms with van der Waals surface area (Å²) in [5.41, 5.74) is 6.81. The lowest BCUT2D eigenvalue weighted by atomic mass is 10.3. The van der Waals surface area contributed by atoms with Gasteiger partial charge in [0.25, 0.3) is 10.0 Å². The van der Waals surface area contributed by atoms with Crippen molar-refractivity contribution in [2.24, 2.45) is 7.05 Å². The van der Waals surface area contributed by atoms with Gasteiger partial charge in [-0.25, -0.2) is 8.42 Å². The molecular formula is C11H13BrN4O2S. The Morgan fingerprint density at radius 2 is 2.05 bits per heavy atom. The summed E-state index contributed by atoms with van der Waals surface area (Å²) in [4.78, 5) is 0.126. The molecule has 0 aliphatic heterocycles. The van der Waals surface area contributed by atoms with Crippen molar-refractivity contribution in [1.29, 1.82) is 0 Å². The average molecular weight is 345 g/mol. The van der Waals surface area contributed by atoms with Gasteiger partial charge in [-0.1, -0.05) is 0 Å². The maximum Gasteiger partial charge on any atom is 0.264 e. The van der Waals surface area contributed by atoms with E-state index in [1.165, 1.54) is 16.8 Å². The minimum Gasteiger partial charge on any atom is -0.399 e. The van der Waals surface area contributed by atoms with E-state index in [2.05, 4.69) is 25.8 Å². The predicted molar refractivity (Wildman–Crippen MR) is 77.3 cm³/mol. The highest BCUT2D eigenvalue weighted by molar-refractivity contribution is 9.10. The van der Waals surface area contributed by atoms with Crippen LogP contribution in [0.4, 0.5) is 11.5 Å². The van der Waals surface area contributed by atoms with Crippen molar-refractivity contribution in [2.45, 2.75) is 11.8 Å². The lowest BCUT2D eigenvalue weighted by Crippen LogP contribution is -2.16. The van der Waals surface area contributed by atoms with Gasteiger partial charge in [-0.2, -0.15) is 5.10 Å². The SMILES string of the molecule is Cc1cc(NS(=O)(=O)c2ccc(N)cc2Br)n(C)n1. The topological polar surface area (TPSA) is 90.0 Å². The summed E-state index contributed by atoms with van der Waals surface area (Å²) in [7, 11) is -2.01. The maximum absolute atomic E-state index is 12.3. The van der Waals surface area contributed by atoms with Crippen LogP contribution in [0.2, 0.25) is 0 Å².